The molecule has 7 heteroatoms. The van der Waals surface area contributed by atoms with E-state index in [1.165, 1.54) is 6.07 Å². The number of sulfonamides is 1. The van der Waals surface area contributed by atoms with Gasteiger partial charge in [0, 0.05) is 18.2 Å². The Morgan fingerprint density at radius 2 is 2.00 bits per heavy atom. The Morgan fingerprint density at radius 3 is 2.47 bits per heavy atom. The van der Waals surface area contributed by atoms with Gasteiger partial charge in [0.25, 0.3) is 5.69 Å². The minimum absolute atomic E-state index is 0.100. The van der Waals surface area contributed by atoms with Gasteiger partial charge in [-0.3, -0.25) is 10.1 Å². The van der Waals surface area contributed by atoms with Gasteiger partial charge in [0.05, 0.1) is 9.82 Å². The van der Waals surface area contributed by atoms with E-state index in [-0.39, 0.29) is 17.1 Å². The predicted octanol–water partition coefficient (Wildman–Crippen LogP) is 2.07. The zero-order valence-corrected chi connectivity index (χ0v) is 11.9. The number of aryl methyl sites for hydroxylation is 1. The highest BCUT2D eigenvalue weighted by Crippen LogP contribution is 2.25. The van der Waals surface area contributed by atoms with Crippen LogP contribution in [0.5, 0.6) is 0 Å². The van der Waals surface area contributed by atoms with Gasteiger partial charge in [0.15, 0.2) is 0 Å². The van der Waals surface area contributed by atoms with Crippen LogP contribution in [-0.2, 0) is 10.0 Å². The summed E-state index contributed by atoms with van der Waals surface area (Å²) < 4.78 is 26.3. The molecule has 0 saturated heterocycles. The largest absolute Gasteiger partial charge is 0.273 e. The summed E-state index contributed by atoms with van der Waals surface area (Å²) in [5, 5.41) is 10.9. The molecule has 104 valence electrons. The molecule has 1 aromatic carbocycles. The van der Waals surface area contributed by atoms with Crippen molar-refractivity contribution in [2.45, 2.75) is 25.7 Å². The topological polar surface area (TPSA) is 89.3 Å². The highest BCUT2D eigenvalue weighted by Gasteiger charge is 2.21. The molecule has 1 rings (SSSR count). The van der Waals surface area contributed by atoms with Gasteiger partial charge in [-0.05, 0) is 32.4 Å². The molecule has 1 N–H and O–H groups in total. The van der Waals surface area contributed by atoms with E-state index in [0.717, 1.165) is 6.07 Å². The Balaban J connectivity index is 3.28. The van der Waals surface area contributed by atoms with Crippen LogP contribution in [0.25, 0.3) is 0 Å². The van der Waals surface area contributed by atoms with Crippen LogP contribution in [0.1, 0.15) is 18.1 Å². The van der Waals surface area contributed by atoms with Crippen molar-refractivity contribution in [1.29, 1.82) is 0 Å². The van der Waals surface area contributed by atoms with Gasteiger partial charge < -0.3 is 0 Å². The average Bonchev–Trinajstić information content (AvgIpc) is 2.29. The van der Waals surface area contributed by atoms with E-state index < -0.39 is 14.9 Å². The highest BCUT2D eigenvalue weighted by atomic mass is 32.2. The van der Waals surface area contributed by atoms with E-state index in [4.69, 9.17) is 0 Å². The molecule has 0 unspecified atom stereocenters. The summed E-state index contributed by atoms with van der Waals surface area (Å²) in [5.74, 6) is 0. The molecule has 0 saturated carbocycles. The molecule has 19 heavy (non-hydrogen) atoms. The summed E-state index contributed by atoms with van der Waals surface area (Å²) in [6, 6.07) is 2.49. The summed E-state index contributed by atoms with van der Waals surface area (Å²) in [6.45, 7) is 8.61. The number of nitrogens with one attached hydrogen (secondary N) is 1. The number of rotatable bonds is 5. The third kappa shape index (κ3) is 3.62. The third-order valence-electron chi connectivity index (χ3n) is 2.68. The molecule has 0 aliphatic carbocycles. The van der Waals surface area contributed by atoms with Crippen molar-refractivity contribution in [2.24, 2.45) is 0 Å². The second-order valence-corrected chi connectivity index (χ2v) is 6.19. The maximum absolute atomic E-state index is 12.0. The normalized spacial score (nSPS) is 11.3. The van der Waals surface area contributed by atoms with E-state index in [1.54, 1.807) is 20.8 Å². The Bertz CT molecular complexity index is 635. The van der Waals surface area contributed by atoms with E-state index in [9.17, 15) is 18.5 Å². The molecule has 0 spiro atoms. The van der Waals surface area contributed by atoms with E-state index >= 15 is 0 Å². The number of hydrogen-bond acceptors (Lipinski definition) is 4. The minimum Gasteiger partial charge on any atom is -0.258 e. The molecule has 0 amide bonds. The minimum atomic E-state index is -3.77. The molecule has 0 aliphatic heterocycles. The number of nitro groups is 1. The summed E-state index contributed by atoms with van der Waals surface area (Å²) >= 11 is 0. The van der Waals surface area contributed by atoms with Crippen LogP contribution >= 0.6 is 0 Å². The first-order chi connectivity index (χ1) is 8.65. The Hall–Kier alpha value is -1.73. The first-order valence-corrected chi connectivity index (χ1v) is 7.03. The maximum Gasteiger partial charge on any atom is 0.273 e. The fraction of sp³-hybridized carbons (Fsp3) is 0.333. The average molecular weight is 284 g/mol. The Kier molecular flexibility index (Phi) is 4.43. The molecule has 0 fully saturated rings. The van der Waals surface area contributed by atoms with E-state index in [0.29, 0.717) is 16.7 Å². The van der Waals surface area contributed by atoms with Gasteiger partial charge >= 0.3 is 0 Å². The summed E-state index contributed by atoms with van der Waals surface area (Å²) in [4.78, 5) is 10.2. The molecule has 0 radical (unpaired) electrons. The van der Waals surface area contributed by atoms with Crippen LogP contribution in [0.15, 0.2) is 29.2 Å². The van der Waals surface area contributed by atoms with Crippen LogP contribution in [-0.4, -0.2) is 19.9 Å². The smallest absolute Gasteiger partial charge is 0.258 e. The Labute approximate surface area is 112 Å². The summed E-state index contributed by atoms with van der Waals surface area (Å²) in [7, 11) is -3.77. The fourth-order valence-electron chi connectivity index (χ4n) is 1.45. The molecule has 6 nitrogen and oxygen atoms in total. The number of benzene rings is 1. The molecule has 0 atom stereocenters. The molecule has 0 heterocycles. The van der Waals surface area contributed by atoms with Crippen molar-refractivity contribution in [1.82, 2.24) is 4.72 Å². The molecule has 1 aromatic rings. The summed E-state index contributed by atoms with van der Waals surface area (Å²) in [5.41, 5.74) is 1.48. The van der Waals surface area contributed by atoms with Gasteiger partial charge in [-0.25, -0.2) is 13.1 Å². The van der Waals surface area contributed by atoms with Crippen LogP contribution in [0.4, 0.5) is 5.69 Å². The Morgan fingerprint density at radius 1 is 1.42 bits per heavy atom. The summed E-state index contributed by atoms with van der Waals surface area (Å²) in [6.07, 6.45) is 0. The van der Waals surface area contributed by atoms with Gasteiger partial charge in [-0.15, -0.1) is 0 Å². The van der Waals surface area contributed by atoms with Crippen molar-refractivity contribution in [3.8, 4) is 0 Å². The number of nitrogens with zero attached hydrogens (tertiary/aromatic N) is 1. The van der Waals surface area contributed by atoms with Crippen molar-refractivity contribution >= 4 is 15.7 Å². The SMILES string of the molecule is C=C(C)CNS(=O)(=O)c1cc(C)c(C)c([N+](=O)[O-])c1. The number of nitro benzene ring substituents is 1. The zero-order valence-electron chi connectivity index (χ0n) is 11.1. The van der Waals surface area contributed by atoms with E-state index in [2.05, 4.69) is 11.3 Å². The molecule has 0 aliphatic rings. The van der Waals surface area contributed by atoms with Crippen molar-refractivity contribution in [3.63, 3.8) is 0 Å². The lowest BCUT2D eigenvalue weighted by atomic mass is 10.1. The van der Waals surface area contributed by atoms with Gasteiger partial charge in [-0.1, -0.05) is 12.2 Å². The van der Waals surface area contributed by atoms with Gasteiger partial charge in [-0.2, -0.15) is 0 Å². The number of hydrogen-bond donors (Lipinski definition) is 1. The molecule has 0 aromatic heterocycles. The van der Waals surface area contributed by atoms with Crippen molar-refractivity contribution in [2.75, 3.05) is 6.54 Å². The van der Waals surface area contributed by atoms with Crippen LogP contribution in [0, 0.1) is 24.0 Å². The first kappa shape index (κ1) is 15.3. The van der Waals surface area contributed by atoms with Crippen molar-refractivity contribution in [3.05, 3.63) is 45.5 Å². The zero-order chi connectivity index (χ0) is 14.8. The lowest BCUT2D eigenvalue weighted by molar-refractivity contribution is -0.385. The third-order valence-corrected chi connectivity index (χ3v) is 4.07. The lowest BCUT2D eigenvalue weighted by Crippen LogP contribution is -2.25. The van der Waals surface area contributed by atoms with E-state index in [1.807, 2.05) is 0 Å². The lowest BCUT2D eigenvalue weighted by Gasteiger charge is -2.09. The van der Waals surface area contributed by atoms with Crippen LogP contribution < -0.4 is 4.72 Å². The van der Waals surface area contributed by atoms with Gasteiger partial charge in [0.2, 0.25) is 10.0 Å². The monoisotopic (exact) mass is 284 g/mol. The van der Waals surface area contributed by atoms with Crippen LogP contribution in [0.3, 0.4) is 0 Å². The van der Waals surface area contributed by atoms with Gasteiger partial charge in [0.1, 0.15) is 0 Å². The van der Waals surface area contributed by atoms with Crippen molar-refractivity contribution < 1.29 is 13.3 Å². The predicted molar refractivity (Wildman–Crippen MR) is 72.6 cm³/mol. The quantitative estimate of drug-likeness (QED) is 0.509. The second kappa shape index (κ2) is 5.50. The second-order valence-electron chi connectivity index (χ2n) is 4.42. The fourth-order valence-corrected chi connectivity index (χ4v) is 2.66. The molecule has 0 bridgehead atoms. The highest BCUT2D eigenvalue weighted by molar-refractivity contribution is 7.89. The molecular weight excluding hydrogens is 268 g/mol. The molecular formula is C12H16N2O4S. The standard InChI is InChI=1S/C12H16N2O4S/c1-8(2)7-13-19(17,18)11-5-9(3)10(4)12(6-11)14(15)16/h5-6,13H,1,7H2,2-4H3. The first-order valence-electron chi connectivity index (χ1n) is 5.55. The van der Waals surface area contributed by atoms with Crippen LogP contribution in [0.2, 0.25) is 0 Å². The maximum atomic E-state index is 12.0.